The van der Waals surface area contributed by atoms with Crippen LogP contribution in [0, 0.1) is 47.3 Å². The molecule has 0 heterocycles. The molecular formula is C43H88O3. The maximum Gasteiger partial charge on any atom is 0.104 e. The van der Waals surface area contributed by atoms with Crippen molar-refractivity contribution in [3.63, 3.8) is 0 Å². The summed E-state index contributed by atoms with van der Waals surface area (Å²) < 4.78 is 11.9. The van der Waals surface area contributed by atoms with Crippen LogP contribution in [-0.2, 0) is 9.47 Å². The summed E-state index contributed by atoms with van der Waals surface area (Å²) in [5, 5.41) is 9.78. The van der Waals surface area contributed by atoms with E-state index in [1.165, 1.54) is 116 Å². The summed E-state index contributed by atoms with van der Waals surface area (Å²) in [4.78, 5) is 0. The van der Waals surface area contributed by atoms with Crippen LogP contribution in [0.5, 0.6) is 0 Å². The first-order valence-electron chi connectivity index (χ1n) is 20.7. The van der Waals surface area contributed by atoms with Crippen molar-refractivity contribution in [2.45, 2.75) is 204 Å². The van der Waals surface area contributed by atoms with E-state index in [9.17, 15) is 5.11 Å². The summed E-state index contributed by atoms with van der Waals surface area (Å²) in [6, 6.07) is 0. The molecule has 3 nitrogen and oxygen atoms in total. The zero-order valence-electron chi connectivity index (χ0n) is 33.4. The molecule has 0 amide bonds. The molecule has 0 fully saturated rings. The summed E-state index contributed by atoms with van der Waals surface area (Å²) in [7, 11) is 0. The van der Waals surface area contributed by atoms with Gasteiger partial charge < -0.3 is 14.6 Å². The molecule has 0 aliphatic carbocycles. The fourth-order valence-electron chi connectivity index (χ4n) is 6.96. The van der Waals surface area contributed by atoms with E-state index < -0.39 is 0 Å². The maximum atomic E-state index is 9.78. The van der Waals surface area contributed by atoms with E-state index in [1.807, 2.05) is 0 Å². The Morgan fingerprint density at radius 1 is 0.370 bits per heavy atom. The summed E-state index contributed by atoms with van der Waals surface area (Å²) >= 11 is 0. The Balaban J connectivity index is 3.77. The molecule has 0 spiro atoms. The number of aliphatic hydroxyl groups is 1. The maximum absolute atomic E-state index is 9.78. The molecule has 0 saturated heterocycles. The fourth-order valence-corrected chi connectivity index (χ4v) is 6.96. The van der Waals surface area contributed by atoms with Gasteiger partial charge in [0.05, 0.1) is 13.2 Å². The summed E-state index contributed by atoms with van der Waals surface area (Å²) in [5.41, 5.74) is 0. The van der Waals surface area contributed by atoms with E-state index in [4.69, 9.17) is 9.47 Å². The van der Waals surface area contributed by atoms with Gasteiger partial charge in [0.2, 0.25) is 0 Å². The van der Waals surface area contributed by atoms with Gasteiger partial charge in [-0.1, -0.05) is 185 Å². The zero-order valence-corrected chi connectivity index (χ0v) is 33.4. The van der Waals surface area contributed by atoms with Crippen molar-refractivity contribution in [1.29, 1.82) is 0 Å². The van der Waals surface area contributed by atoms with Crippen LogP contribution in [0.4, 0.5) is 0 Å². The highest BCUT2D eigenvalue weighted by Gasteiger charge is 2.13. The number of hydrogen-bond acceptors (Lipinski definition) is 3. The Kier molecular flexibility index (Phi) is 30.8. The highest BCUT2D eigenvalue weighted by Crippen LogP contribution is 2.24. The Morgan fingerprint density at radius 3 is 0.957 bits per heavy atom. The molecule has 7 atom stereocenters. The van der Waals surface area contributed by atoms with Crippen LogP contribution < -0.4 is 0 Å². The minimum atomic E-state index is -0.186. The lowest BCUT2D eigenvalue weighted by Gasteiger charge is -2.19. The monoisotopic (exact) mass is 653 g/mol. The van der Waals surface area contributed by atoms with Crippen molar-refractivity contribution in [2.75, 3.05) is 26.4 Å². The van der Waals surface area contributed by atoms with Gasteiger partial charge in [0, 0.05) is 13.2 Å². The molecular weight excluding hydrogens is 564 g/mol. The number of rotatable bonds is 34. The summed E-state index contributed by atoms with van der Waals surface area (Å²) in [5.74, 6) is 6.57. The van der Waals surface area contributed by atoms with E-state index in [1.54, 1.807) is 0 Å². The van der Waals surface area contributed by atoms with Crippen molar-refractivity contribution in [3.8, 4) is 0 Å². The number of hydrogen-bond donors (Lipinski definition) is 1. The van der Waals surface area contributed by atoms with Gasteiger partial charge in [0.15, 0.2) is 0 Å². The van der Waals surface area contributed by atoms with Crippen molar-refractivity contribution >= 4 is 0 Å². The lowest BCUT2D eigenvalue weighted by molar-refractivity contribution is -0.0471. The first-order chi connectivity index (χ1) is 21.9. The first kappa shape index (κ1) is 45.9. The third kappa shape index (κ3) is 31.2. The number of aliphatic hydroxyl groups excluding tert-OH is 1. The SMILES string of the molecule is CC(C)CCC[C@H](C)CCC[C@H](C)CCC[C@H](C)CCOC[C@@H](CO)OCC[C@@H](C)CCC[C@@H](C)CCC[C@@H](C)CCCC(C)C. The molecule has 3 heteroatoms. The van der Waals surface area contributed by atoms with Gasteiger partial charge in [-0.2, -0.15) is 0 Å². The molecule has 0 unspecified atom stereocenters. The van der Waals surface area contributed by atoms with Gasteiger partial charge in [-0.25, -0.2) is 0 Å². The van der Waals surface area contributed by atoms with E-state index in [-0.39, 0.29) is 12.7 Å². The predicted molar refractivity (Wildman–Crippen MR) is 205 cm³/mol. The smallest absolute Gasteiger partial charge is 0.104 e. The Hall–Kier alpha value is -0.120. The second kappa shape index (κ2) is 30.9. The Morgan fingerprint density at radius 2 is 0.652 bits per heavy atom. The van der Waals surface area contributed by atoms with Crippen LogP contribution >= 0.6 is 0 Å². The van der Waals surface area contributed by atoms with Gasteiger partial charge in [-0.15, -0.1) is 0 Å². The highest BCUT2D eigenvalue weighted by atomic mass is 16.5. The molecule has 0 aromatic carbocycles. The highest BCUT2D eigenvalue weighted by molar-refractivity contribution is 4.64. The normalized spacial score (nSPS) is 16.9. The van der Waals surface area contributed by atoms with Crippen LogP contribution in [0.3, 0.4) is 0 Å². The van der Waals surface area contributed by atoms with Crippen molar-refractivity contribution < 1.29 is 14.6 Å². The lowest BCUT2D eigenvalue weighted by Crippen LogP contribution is -2.25. The molecule has 0 rings (SSSR count). The minimum absolute atomic E-state index is 0.0480. The van der Waals surface area contributed by atoms with Crippen LogP contribution in [0.1, 0.15) is 198 Å². The molecule has 0 aromatic rings. The average Bonchev–Trinajstić information content (AvgIpc) is 2.98. The van der Waals surface area contributed by atoms with Crippen molar-refractivity contribution in [3.05, 3.63) is 0 Å². The molecule has 0 saturated carbocycles. The molecule has 278 valence electrons. The van der Waals surface area contributed by atoms with Gasteiger partial charge in [-0.3, -0.25) is 0 Å². The third-order valence-electron chi connectivity index (χ3n) is 10.8. The standard InChI is InChI=1S/C43H88O3/c1-35(2)17-11-19-37(5)21-13-23-39(7)25-15-27-41(9)29-31-45-34-43(33-44)46-32-30-42(10)28-16-26-40(8)24-14-22-38(6)20-12-18-36(3)4/h35-44H,11-34H2,1-10H3/t37-,38-,39-,40-,41-,42-,43+/m0/s1. The third-order valence-corrected chi connectivity index (χ3v) is 10.8. The zero-order chi connectivity index (χ0) is 34.6. The molecule has 0 aliphatic rings. The quantitative estimate of drug-likeness (QED) is 0.0703. The van der Waals surface area contributed by atoms with Crippen molar-refractivity contribution in [2.24, 2.45) is 47.3 Å². The second-order valence-electron chi connectivity index (χ2n) is 17.3. The van der Waals surface area contributed by atoms with Gasteiger partial charge in [-0.05, 0) is 60.2 Å². The molecule has 1 N–H and O–H groups in total. The predicted octanol–water partition coefficient (Wildman–Crippen LogP) is 13.3. The Bertz CT molecular complexity index is 619. The van der Waals surface area contributed by atoms with E-state index in [0.29, 0.717) is 18.4 Å². The van der Waals surface area contributed by atoms with E-state index in [0.717, 1.165) is 61.6 Å². The van der Waals surface area contributed by atoms with E-state index >= 15 is 0 Å². The van der Waals surface area contributed by atoms with Gasteiger partial charge in [0.25, 0.3) is 0 Å². The summed E-state index contributed by atoms with van der Waals surface area (Å²) in [6.07, 6.45) is 26.8. The molecule has 0 aromatic heterocycles. The van der Waals surface area contributed by atoms with Crippen molar-refractivity contribution in [1.82, 2.24) is 0 Å². The van der Waals surface area contributed by atoms with Crippen LogP contribution in [0.25, 0.3) is 0 Å². The lowest BCUT2D eigenvalue weighted by atomic mass is 9.91. The van der Waals surface area contributed by atoms with Crippen LogP contribution in [0.15, 0.2) is 0 Å². The first-order valence-corrected chi connectivity index (χ1v) is 20.7. The molecule has 0 radical (unpaired) electrons. The van der Waals surface area contributed by atoms with E-state index in [2.05, 4.69) is 69.2 Å². The molecule has 0 bridgehead atoms. The minimum Gasteiger partial charge on any atom is -0.394 e. The van der Waals surface area contributed by atoms with Gasteiger partial charge >= 0.3 is 0 Å². The summed E-state index contributed by atoms with van der Waals surface area (Å²) in [6.45, 7) is 25.9. The molecule has 46 heavy (non-hydrogen) atoms. The Labute approximate surface area is 291 Å². The average molecular weight is 653 g/mol. The topological polar surface area (TPSA) is 38.7 Å². The van der Waals surface area contributed by atoms with Crippen LogP contribution in [0.2, 0.25) is 0 Å². The number of ether oxygens (including phenoxy) is 2. The van der Waals surface area contributed by atoms with Crippen LogP contribution in [-0.4, -0.2) is 37.6 Å². The van der Waals surface area contributed by atoms with Gasteiger partial charge in [0.1, 0.15) is 6.10 Å². The molecule has 0 aliphatic heterocycles. The largest absolute Gasteiger partial charge is 0.394 e. The second-order valence-corrected chi connectivity index (χ2v) is 17.3. The fraction of sp³-hybridized carbons (Fsp3) is 1.00.